The number of carbonyl (C=O) groups is 1. The van der Waals surface area contributed by atoms with Gasteiger partial charge in [-0.05, 0) is 43.2 Å². The van der Waals surface area contributed by atoms with Crippen molar-refractivity contribution in [2.75, 3.05) is 0 Å². The number of thiazole rings is 1. The van der Waals surface area contributed by atoms with Gasteiger partial charge in [0.25, 0.3) is 5.91 Å². The summed E-state index contributed by atoms with van der Waals surface area (Å²) in [5.74, 6) is -0.105. The fourth-order valence-electron chi connectivity index (χ4n) is 2.45. The molecule has 3 aromatic rings. The molecule has 1 N–H and O–H groups in total. The molecule has 0 unspecified atom stereocenters. The molecule has 3 aromatic heterocycles. The lowest BCUT2D eigenvalue weighted by Gasteiger charge is -2.16. The number of aryl methyl sites for hydroxylation is 3. The molecule has 3 rings (SSSR count). The number of rotatable bonds is 5. The molecule has 0 bridgehead atoms. The lowest BCUT2D eigenvalue weighted by Crippen LogP contribution is -2.30. The summed E-state index contributed by atoms with van der Waals surface area (Å²) >= 11 is 3.31. The molecule has 0 aliphatic rings. The van der Waals surface area contributed by atoms with Crippen molar-refractivity contribution in [3.8, 4) is 0 Å². The second-order valence-corrected chi connectivity index (χ2v) is 7.84. The Hall–Kier alpha value is -1.99. The molecule has 1 atom stereocenters. The summed E-state index contributed by atoms with van der Waals surface area (Å²) in [4.78, 5) is 18.5. The van der Waals surface area contributed by atoms with Gasteiger partial charge in [-0.2, -0.15) is 16.4 Å². The van der Waals surface area contributed by atoms with Crippen LogP contribution in [0.4, 0.5) is 0 Å². The molecule has 0 saturated heterocycles. The van der Waals surface area contributed by atoms with Gasteiger partial charge in [0.05, 0.1) is 23.5 Å². The van der Waals surface area contributed by atoms with E-state index in [9.17, 15) is 4.79 Å². The third-order valence-electron chi connectivity index (χ3n) is 4.15. The molecule has 126 valence electrons. The molecule has 5 nitrogen and oxygen atoms in total. The zero-order valence-corrected chi connectivity index (χ0v) is 15.8. The number of nitrogens with zero attached hydrogens (tertiary/aromatic N) is 3. The van der Waals surface area contributed by atoms with E-state index in [4.69, 9.17) is 0 Å². The SMILES string of the molecule is Cc1nc([C@H](Cc2ccsc2)NC(=O)c2cnn(C)c2C)sc1C. The highest BCUT2D eigenvalue weighted by Crippen LogP contribution is 2.26. The molecule has 3 heterocycles. The molecule has 0 radical (unpaired) electrons. The van der Waals surface area contributed by atoms with E-state index >= 15 is 0 Å². The molecule has 0 fully saturated rings. The van der Waals surface area contributed by atoms with Crippen molar-refractivity contribution in [2.24, 2.45) is 7.05 Å². The highest BCUT2D eigenvalue weighted by molar-refractivity contribution is 7.11. The lowest BCUT2D eigenvalue weighted by atomic mass is 10.1. The summed E-state index contributed by atoms with van der Waals surface area (Å²) in [7, 11) is 1.84. The van der Waals surface area contributed by atoms with Crippen LogP contribution < -0.4 is 5.32 Å². The van der Waals surface area contributed by atoms with Crippen LogP contribution in [-0.2, 0) is 13.5 Å². The van der Waals surface area contributed by atoms with Gasteiger partial charge in [0, 0.05) is 24.0 Å². The minimum Gasteiger partial charge on any atom is -0.342 e. The summed E-state index contributed by atoms with van der Waals surface area (Å²) in [6.45, 7) is 5.96. The van der Waals surface area contributed by atoms with Crippen molar-refractivity contribution in [3.05, 3.63) is 55.4 Å². The van der Waals surface area contributed by atoms with Gasteiger partial charge in [-0.1, -0.05) is 0 Å². The molecular formula is C17H20N4OS2. The second-order valence-electron chi connectivity index (χ2n) is 5.82. The van der Waals surface area contributed by atoms with Crippen molar-refractivity contribution in [1.29, 1.82) is 0 Å². The Labute approximate surface area is 149 Å². The number of carbonyl (C=O) groups excluding carboxylic acids is 1. The van der Waals surface area contributed by atoms with Crippen LogP contribution in [0.15, 0.2) is 23.0 Å². The summed E-state index contributed by atoms with van der Waals surface area (Å²) in [6.07, 6.45) is 2.35. The largest absolute Gasteiger partial charge is 0.342 e. The van der Waals surface area contributed by atoms with E-state index in [1.165, 1.54) is 10.4 Å². The maximum atomic E-state index is 12.7. The van der Waals surface area contributed by atoms with E-state index < -0.39 is 0 Å². The van der Waals surface area contributed by atoms with Gasteiger partial charge < -0.3 is 5.32 Å². The van der Waals surface area contributed by atoms with Gasteiger partial charge in [-0.3, -0.25) is 9.48 Å². The predicted octanol–water partition coefficient (Wildman–Crippen LogP) is 3.58. The quantitative estimate of drug-likeness (QED) is 0.756. The van der Waals surface area contributed by atoms with Gasteiger partial charge in [-0.15, -0.1) is 11.3 Å². The summed E-state index contributed by atoms with van der Waals surface area (Å²) in [5, 5.41) is 12.4. The van der Waals surface area contributed by atoms with E-state index in [2.05, 4.69) is 39.1 Å². The lowest BCUT2D eigenvalue weighted by molar-refractivity contribution is 0.0935. The van der Waals surface area contributed by atoms with Crippen LogP contribution >= 0.6 is 22.7 Å². The molecule has 1 amide bonds. The number of hydrogen-bond donors (Lipinski definition) is 1. The highest BCUT2D eigenvalue weighted by atomic mass is 32.1. The van der Waals surface area contributed by atoms with Gasteiger partial charge in [-0.25, -0.2) is 4.98 Å². The van der Waals surface area contributed by atoms with Crippen LogP contribution in [0.2, 0.25) is 0 Å². The molecule has 0 aromatic carbocycles. The van der Waals surface area contributed by atoms with Crippen molar-refractivity contribution in [1.82, 2.24) is 20.1 Å². The normalized spacial score (nSPS) is 12.3. The van der Waals surface area contributed by atoms with Crippen LogP contribution in [0.1, 0.15) is 43.2 Å². The van der Waals surface area contributed by atoms with Crippen LogP contribution in [-0.4, -0.2) is 20.7 Å². The first-order valence-corrected chi connectivity index (χ1v) is 9.46. The van der Waals surface area contributed by atoms with E-state index in [-0.39, 0.29) is 11.9 Å². The maximum absolute atomic E-state index is 12.7. The standard InChI is InChI=1S/C17H20N4OS2/c1-10-12(3)24-17(19-10)15(7-13-5-6-23-9-13)20-16(22)14-8-18-21(4)11(14)2/h5-6,8-9,15H,7H2,1-4H3,(H,20,22)/t15-/m0/s1. The van der Waals surface area contributed by atoms with Crippen molar-refractivity contribution in [2.45, 2.75) is 33.2 Å². The Morgan fingerprint density at radius 2 is 2.17 bits per heavy atom. The fourth-order valence-corrected chi connectivity index (χ4v) is 4.10. The Morgan fingerprint density at radius 1 is 1.38 bits per heavy atom. The fraction of sp³-hybridized carbons (Fsp3) is 0.353. The number of thiophene rings is 1. The molecule has 0 aliphatic heterocycles. The maximum Gasteiger partial charge on any atom is 0.255 e. The number of hydrogen-bond acceptors (Lipinski definition) is 5. The minimum absolute atomic E-state index is 0.105. The molecule has 7 heteroatoms. The topological polar surface area (TPSA) is 59.8 Å². The summed E-state index contributed by atoms with van der Waals surface area (Å²) in [5.41, 5.74) is 3.70. The number of amides is 1. The highest BCUT2D eigenvalue weighted by Gasteiger charge is 2.22. The van der Waals surface area contributed by atoms with Crippen LogP contribution in [0.25, 0.3) is 0 Å². The minimum atomic E-state index is -0.135. The average molecular weight is 361 g/mol. The monoisotopic (exact) mass is 360 g/mol. The number of aromatic nitrogens is 3. The van der Waals surface area contributed by atoms with E-state index in [0.29, 0.717) is 5.56 Å². The van der Waals surface area contributed by atoms with Gasteiger partial charge in [0.2, 0.25) is 0 Å². The van der Waals surface area contributed by atoms with Crippen molar-refractivity contribution >= 4 is 28.6 Å². The number of nitrogens with one attached hydrogen (secondary N) is 1. The van der Waals surface area contributed by atoms with Crippen molar-refractivity contribution < 1.29 is 4.79 Å². The summed E-state index contributed by atoms with van der Waals surface area (Å²) < 4.78 is 1.71. The average Bonchev–Trinajstić information content (AvgIpc) is 3.24. The Balaban J connectivity index is 1.86. The zero-order chi connectivity index (χ0) is 17.3. The first kappa shape index (κ1) is 16.9. The van der Waals surface area contributed by atoms with Crippen molar-refractivity contribution in [3.63, 3.8) is 0 Å². The Kier molecular flexibility index (Phi) is 4.82. The predicted molar refractivity (Wildman–Crippen MR) is 97.8 cm³/mol. The zero-order valence-electron chi connectivity index (χ0n) is 14.2. The summed E-state index contributed by atoms with van der Waals surface area (Å²) in [6, 6.07) is 1.95. The van der Waals surface area contributed by atoms with E-state index in [1.54, 1.807) is 33.6 Å². The molecule has 0 aliphatic carbocycles. The third kappa shape index (κ3) is 3.42. The van der Waals surface area contributed by atoms with Crippen LogP contribution in [0, 0.1) is 20.8 Å². The van der Waals surface area contributed by atoms with E-state index in [1.807, 2.05) is 20.9 Å². The second kappa shape index (κ2) is 6.86. The smallest absolute Gasteiger partial charge is 0.255 e. The Bertz CT molecular complexity index is 829. The van der Waals surface area contributed by atoms with Crippen LogP contribution in [0.3, 0.4) is 0 Å². The molecular weight excluding hydrogens is 340 g/mol. The van der Waals surface area contributed by atoms with Gasteiger partial charge in [0.15, 0.2) is 0 Å². The van der Waals surface area contributed by atoms with Crippen LogP contribution in [0.5, 0.6) is 0 Å². The first-order valence-electron chi connectivity index (χ1n) is 7.70. The first-order chi connectivity index (χ1) is 11.5. The molecule has 24 heavy (non-hydrogen) atoms. The van der Waals surface area contributed by atoms with Gasteiger partial charge in [0.1, 0.15) is 5.01 Å². The van der Waals surface area contributed by atoms with E-state index in [0.717, 1.165) is 22.8 Å². The van der Waals surface area contributed by atoms with Gasteiger partial charge >= 0.3 is 0 Å². The molecule has 0 spiro atoms. The molecule has 0 saturated carbocycles. The Morgan fingerprint density at radius 3 is 2.71 bits per heavy atom. The third-order valence-corrected chi connectivity index (χ3v) is 6.07.